The van der Waals surface area contributed by atoms with E-state index in [4.69, 9.17) is 4.74 Å². The number of ether oxygens (including phenoxy) is 1. The van der Waals surface area contributed by atoms with Crippen LogP contribution in [0.3, 0.4) is 0 Å². The zero-order valence-corrected chi connectivity index (χ0v) is 9.84. The zero-order chi connectivity index (χ0) is 11.9. The van der Waals surface area contributed by atoms with Crippen molar-refractivity contribution in [1.82, 2.24) is 4.98 Å². The molecule has 0 N–H and O–H groups in total. The number of aromatic nitrogens is 1. The second-order valence-electron chi connectivity index (χ2n) is 3.62. The van der Waals surface area contributed by atoms with Gasteiger partial charge in [-0.3, -0.25) is 4.98 Å². The monoisotopic (exact) mass is 225 g/mol. The van der Waals surface area contributed by atoms with Crippen molar-refractivity contribution in [1.29, 1.82) is 0 Å². The molecule has 0 saturated heterocycles. The average Bonchev–Trinajstić information content (AvgIpc) is 2.40. The van der Waals surface area contributed by atoms with Gasteiger partial charge in [-0.25, -0.2) is 0 Å². The first kappa shape index (κ1) is 11.4. The van der Waals surface area contributed by atoms with Crippen LogP contribution >= 0.6 is 0 Å². The van der Waals surface area contributed by atoms with E-state index in [1.807, 2.05) is 43.3 Å². The minimum Gasteiger partial charge on any atom is -0.494 e. The van der Waals surface area contributed by atoms with E-state index in [0.29, 0.717) is 6.61 Å². The highest BCUT2D eigenvalue weighted by Gasteiger charge is 1.91. The molecule has 0 aliphatic rings. The topological polar surface area (TPSA) is 22.1 Å². The third-order valence-electron chi connectivity index (χ3n) is 2.37. The smallest absolute Gasteiger partial charge is 0.119 e. The Morgan fingerprint density at radius 3 is 2.12 bits per heavy atom. The van der Waals surface area contributed by atoms with Crippen molar-refractivity contribution in [2.24, 2.45) is 0 Å². The van der Waals surface area contributed by atoms with Gasteiger partial charge in [-0.15, -0.1) is 0 Å². The molecule has 0 fully saturated rings. The number of pyridine rings is 1. The SMILES string of the molecule is CCOc1ccc(/C=C/c2ccncc2)cc1. The second kappa shape index (κ2) is 5.85. The van der Waals surface area contributed by atoms with Gasteiger partial charge >= 0.3 is 0 Å². The van der Waals surface area contributed by atoms with Crippen molar-refractivity contribution in [3.8, 4) is 5.75 Å². The summed E-state index contributed by atoms with van der Waals surface area (Å²) in [4.78, 5) is 3.98. The number of rotatable bonds is 4. The van der Waals surface area contributed by atoms with E-state index in [0.717, 1.165) is 16.9 Å². The van der Waals surface area contributed by atoms with Gasteiger partial charge in [0.2, 0.25) is 0 Å². The first-order chi connectivity index (χ1) is 8.38. The first-order valence-electron chi connectivity index (χ1n) is 5.69. The lowest BCUT2D eigenvalue weighted by atomic mass is 10.1. The molecule has 0 amide bonds. The molecule has 17 heavy (non-hydrogen) atoms. The van der Waals surface area contributed by atoms with Gasteiger partial charge in [0, 0.05) is 12.4 Å². The number of hydrogen-bond donors (Lipinski definition) is 0. The van der Waals surface area contributed by atoms with Crippen LogP contribution in [0.4, 0.5) is 0 Å². The fraction of sp³-hybridized carbons (Fsp3) is 0.133. The Morgan fingerprint density at radius 2 is 1.53 bits per heavy atom. The summed E-state index contributed by atoms with van der Waals surface area (Å²) in [6.45, 7) is 2.68. The second-order valence-corrected chi connectivity index (χ2v) is 3.62. The van der Waals surface area contributed by atoms with E-state index < -0.39 is 0 Å². The molecule has 0 unspecified atom stereocenters. The maximum atomic E-state index is 5.39. The molecule has 2 nitrogen and oxygen atoms in total. The molecule has 1 heterocycles. The van der Waals surface area contributed by atoms with E-state index in [1.165, 1.54) is 0 Å². The highest BCUT2D eigenvalue weighted by Crippen LogP contribution is 2.14. The van der Waals surface area contributed by atoms with E-state index in [9.17, 15) is 0 Å². The van der Waals surface area contributed by atoms with Gasteiger partial charge in [0.1, 0.15) is 5.75 Å². The van der Waals surface area contributed by atoms with Crippen molar-refractivity contribution < 1.29 is 4.74 Å². The lowest BCUT2D eigenvalue weighted by molar-refractivity contribution is 0.340. The molecule has 0 saturated carbocycles. The Hall–Kier alpha value is -2.09. The molecule has 1 aromatic carbocycles. The van der Waals surface area contributed by atoms with Gasteiger partial charge < -0.3 is 4.74 Å². The van der Waals surface area contributed by atoms with Crippen molar-refractivity contribution in [3.63, 3.8) is 0 Å². The number of hydrogen-bond acceptors (Lipinski definition) is 2. The van der Waals surface area contributed by atoms with Gasteiger partial charge in [0.05, 0.1) is 6.61 Å². The summed E-state index contributed by atoms with van der Waals surface area (Å²) in [5, 5.41) is 0. The molecule has 86 valence electrons. The predicted octanol–water partition coefficient (Wildman–Crippen LogP) is 3.65. The molecule has 2 rings (SSSR count). The Labute approximate surface area is 102 Å². The third-order valence-corrected chi connectivity index (χ3v) is 2.37. The van der Waals surface area contributed by atoms with Gasteiger partial charge in [-0.05, 0) is 42.3 Å². The number of benzene rings is 1. The van der Waals surface area contributed by atoms with Crippen LogP contribution in [0.2, 0.25) is 0 Å². The molecule has 0 bridgehead atoms. The van der Waals surface area contributed by atoms with Gasteiger partial charge in [-0.1, -0.05) is 24.3 Å². The Kier molecular flexibility index (Phi) is 3.92. The van der Waals surface area contributed by atoms with Crippen LogP contribution < -0.4 is 4.74 Å². The van der Waals surface area contributed by atoms with Gasteiger partial charge in [-0.2, -0.15) is 0 Å². The molecule has 1 aromatic heterocycles. The summed E-state index contributed by atoms with van der Waals surface area (Å²) < 4.78 is 5.39. The van der Waals surface area contributed by atoms with Gasteiger partial charge in [0.15, 0.2) is 0 Å². The summed E-state index contributed by atoms with van der Waals surface area (Å²) in [6, 6.07) is 12.0. The number of nitrogens with zero attached hydrogens (tertiary/aromatic N) is 1. The quantitative estimate of drug-likeness (QED) is 0.792. The van der Waals surface area contributed by atoms with Crippen LogP contribution in [0, 0.1) is 0 Å². The van der Waals surface area contributed by atoms with Crippen molar-refractivity contribution in [3.05, 3.63) is 59.9 Å². The lowest BCUT2D eigenvalue weighted by Gasteiger charge is -2.02. The molecule has 0 radical (unpaired) electrons. The van der Waals surface area contributed by atoms with Crippen LogP contribution in [-0.2, 0) is 0 Å². The molecule has 2 aromatic rings. The van der Waals surface area contributed by atoms with E-state index >= 15 is 0 Å². The maximum absolute atomic E-state index is 5.39. The van der Waals surface area contributed by atoms with Crippen LogP contribution in [0.5, 0.6) is 5.75 Å². The molecular formula is C15H15NO. The summed E-state index contributed by atoms with van der Waals surface area (Å²) in [6.07, 6.45) is 7.72. The lowest BCUT2D eigenvalue weighted by Crippen LogP contribution is -1.90. The molecule has 0 aliphatic carbocycles. The maximum Gasteiger partial charge on any atom is 0.119 e. The van der Waals surface area contributed by atoms with Crippen LogP contribution in [0.25, 0.3) is 12.2 Å². The summed E-state index contributed by atoms with van der Waals surface area (Å²) in [7, 11) is 0. The van der Waals surface area contributed by atoms with Crippen LogP contribution in [-0.4, -0.2) is 11.6 Å². The van der Waals surface area contributed by atoms with Crippen molar-refractivity contribution in [2.45, 2.75) is 6.92 Å². The van der Waals surface area contributed by atoms with Crippen molar-refractivity contribution in [2.75, 3.05) is 6.61 Å². The summed E-state index contributed by atoms with van der Waals surface area (Å²) in [5.74, 6) is 0.911. The standard InChI is InChI=1S/C15H15NO/c1-2-17-15-7-5-13(6-8-15)3-4-14-9-11-16-12-10-14/h3-12H,2H2,1H3/b4-3+. The highest BCUT2D eigenvalue weighted by molar-refractivity contribution is 5.69. The average molecular weight is 225 g/mol. The van der Waals surface area contributed by atoms with E-state index in [2.05, 4.69) is 17.1 Å². The summed E-state index contributed by atoms with van der Waals surface area (Å²) >= 11 is 0. The van der Waals surface area contributed by atoms with Gasteiger partial charge in [0.25, 0.3) is 0 Å². The fourth-order valence-corrected chi connectivity index (χ4v) is 1.51. The minimum absolute atomic E-state index is 0.701. The van der Waals surface area contributed by atoms with Crippen LogP contribution in [0.1, 0.15) is 18.1 Å². The normalized spacial score (nSPS) is 10.6. The predicted molar refractivity (Wildman–Crippen MR) is 70.8 cm³/mol. The molecule has 0 atom stereocenters. The first-order valence-corrected chi connectivity index (χ1v) is 5.69. The molecule has 2 heteroatoms. The largest absolute Gasteiger partial charge is 0.494 e. The molecule has 0 spiro atoms. The van der Waals surface area contributed by atoms with Crippen LogP contribution in [0.15, 0.2) is 48.8 Å². The zero-order valence-electron chi connectivity index (χ0n) is 9.84. The Bertz CT molecular complexity index is 474. The molecule has 0 aliphatic heterocycles. The fourth-order valence-electron chi connectivity index (χ4n) is 1.51. The van der Waals surface area contributed by atoms with E-state index in [-0.39, 0.29) is 0 Å². The molecular weight excluding hydrogens is 210 g/mol. The van der Waals surface area contributed by atoms with E-state index in [1.54, 1.807) is 12.4 Å². The third kappa shape index (κ3) is 3.45. The Balaban J connectivity index is 2.06. The summed E-state index contributed by atoms with van der Waals surface area (Å²) in [5.41, 5.74) is 2.30. The highest BCUT2D eigenvalue weighted by atomic mass is 16.5. The minimum atomic E-state index is 0.701. The van der Waals surface area contributed by atoms with Crippen molar-refractivity contribution >= 4 is 12.2 Å². The Morgan fingerprint density at radius 1 is 0.941 bits per heavy atom.